The summed E-state index contributed by atoms with van der Waals surface area (Å²) in [5, 5.41) is 0. The summed E-state index contributed by atoms with van der Waals surface area (Å²) < 4.78 is 21.8. The molecule has 5 nitrogen and oxygen atoms in total. The Bertz CT molecular complexity index is 170. The number of hydrogen-bond donors (Lipinski definition) is 3. The summed E-state index contributed by atoms with van der Waals surface area (Å²) in [7, 11) is -0.144. The second kappa shape index (κ2) is 4.08. The molecular formula is C6H16N2O3S. The maximum Gasteiger partial charge on any atom is 0.241 e. The standard InChI is InChI=1S/C6H16N2O3S/c1-5(2)6(9)7-12(10,11)8(3)4/h5,10-11H,1-4H3,(H,7,9). The molecule has 12 heavy (non-hydrogen) atoms. The van der Waals surface area contributed by atoms with Crippen molar-refractivity contribution in [2.75, 3.05) is 14.1 Å². The van der Waals surface area contributed by atoms with E-state index in [1.807, 2.05) is 0 Å². The van der Waals surface area contributed by atoms with Crippen LogP contribution in [-0.4, -0.2) is 33.4 Å². The van der Waals surface area contributed by atoms with E-state index in [2.05, 4.69) is 4.72 Å². The molecule has 0 aliphatic heterocycles. The summed E-state index contributed by atoms with van der Waals surface area (Å²) >= 11 is 0. The van der Waals surface area contributed by atoms with Crippen LogP contribution in [-0.2, 0) is 4.79 Å². The maximum atomic E-state index is 11.0. The van der Waals surface area contributed by atoms with Crippen LogP contribution in [0.4, 0.5) is 0 Å². The Labute approximate surface area is 74.4 Å². The van der Waals surface area contributed by atoms with Gasteiger partial charge in [0, 0.05) is 20.0 Å². The van der Waals surface area contributed by atoms with Crippen LogP contribution < -0.4 is 4.72 Å². The number of rotatable bonds is 3. The largest absolute Gasteiger partial charge is 0.273 e. The number of carbonyl (C=O) groups is 1. The summed E-state index contributed by atoms with van der Waals surface area (Å²) in [4.78, 5) is 11.0. The number of hydrogen-bond acceptors (Lipinski definition) is 4. The number of nitrogens with zero attached hydrogens (tertiary/aromatic N) is 1. The molecule has 0 saturated carbocycles. The molecule has 0 atom stereocenters. The molecule has 0 bridgehead atoms. The first-order valence-corrected chi connectivity index (χ1v) is 5.05. The van der Waals surface area contributed by atoms with Crippen LogP contribution in [0.1, 0.15) is 13.8 Å². The first-order valence-electron chi connectivity index (χ1n) is 3.54. The molecule has 0 rings (SSSR count). The quantitative estimate of drug-likeness (QED) is 0.627. The third-order valence-electron chi connectivity index (χ3n) is 1.27. The Morgan fingerprint density at radius 1 is 1.42 bits per heavy atom. The maximum absolute atomic E-state index is 11.0. The van der Waals surface area contributed by atoms with Crippen LogP contribution in [0.3, 0.4) is 0 Å². The summed E-state index contributed by atoms with van der Waals surface area (Å²) in [6.45, 7) is 3.36. The Hall–Kier alpha value is -0.300. The van der Waals surface area contributed by atoms with Crippen molar-refractivity contribution in [3.63, 3.8) is 0 Å². The van der Waals surface area contributed by atoms with Crippen molar-refractivity contribution in [3.05, 3.63) is 0 Å². The van der Waals surface area contributed by atoms with Crippen molar-refractivity contribution in [2.24, 2.45) is 5.92 Å². The van der Waals surface area contributed by atoms with E-state index >= 15 is 0 Å². The van der Waals surface area contributed by atoms with Crippen LogP contribution >= 0.6 is 11.0 Å². The molecule has 0 aromatic rings. The van der Waals surface area contributed by atoms with Crippen molar-refractivity contribution in [2.45, 2.75) is 13.8 Å². The van der Waals surface area contributed by atoms with E-state index in [1.54, 1.807) is 13.8 Å². The highest BCUT2D eigenvalue weighted by Crippen LogP contribution is 2.35. The second-order valence-corrected chi connectivity index (χ2v) is 4.92. The first-order chi connectivity index (χ1) is 5.27. The van der Waals surface area contributed by atoms with Crippen LogP contribution in [0.2, 0.25) is 0 Å². The summed E-state index contributed by atoms with van der Waals surface area (Å²) in [5.41, 5.74) is 0. The minimum atomic E-state index is -3.11. The molecule has 0 fully saturated rings. The van der Waals surface area contributed by atoms with E-state index in [1.165, 1.54) is 18.4 Å². The van der Waals surface area contributed by atoms with Gasteiger partial charge in [0.2, 0.25) is 5.91 Å². The fourth-order valence-corrected chi connectivity index (χ4v) is 1.03. The normalized spacial score (nSPS) is 13.7. The van der Waals surface area contributed by atoms with Gasteiger partial charge in [-0.3, -0.25) is 13.9 Å². The van der Waals surface area contributed by atoms with Crippen molar-refractivity contribution in [1.82, 2.24) is 9.03 Å². The van der Waals surface area contributed by atoms with E-state index in [-0.39, 0.29) is 11.8 Å². The van der Waals surface area contributed by atoms with Crippen molar-refractivity contribution in [1.29, 1.82) is 0 Å². The van der Waals surface area contributed by atoms with Crippen LogP contribution in [0.15, 0.2) is 0 Å². The fraction of sp³-hybridized carbons (Fsp3) is 0.833. The molecule has 0 saturated heterocycles. The average Bonchev–Trinajstić information content (AvgIpc) is 1.85. The van der Waals surface area contributed by atoms with Gasteiger partial charge < -0.3 is 0 Å². The Morgan fingerprint density at radius 2 is 1.83 bits per heavy atom. The monoisotopic (exact) mass is 196 g/mol. The molecule has 0 radical (unpaired) electrons. The predicted octanol–water partition coefficient (Wildman–Crippen LogP) is 0.901. The third-order valence-corrected chi connectivity index (χ3v) is 2.76. The van der Waals surface area contributed by atoms with Crippen molar-refractivity contribution in [3.8, 4) is 0 Å². The predicted molar refractivity (Wildman–Crippen MR) is 49.5 cm³/mol. The molecule has 3 N–H and O–H groups in total. The van der Waals surface area contributed by atoms with Gasteiger partial charge in [-0.25, -0.2) is 4.72 Å². The lowest BCUT2D eigenvalue weighted by molar-refractivity contribution is -0.122. The van der Waals surface area contributed by atoms with Gasteiger partial charge in [0.15, 0.2) is 0 Å². The minimum Gasteiger partial charge on any atom is -0.273 e. The zero-order chi connectivity index (χ0) is 9.94. The third kappa shape index (κ3) is 3.40. The highest BCUT2D eigenvalue weighted by molar-refractivity contribution is 8.21. The summed E-state index contributed by atoms with van der Waals surface area (Å²) in [5.74, 6) is -0.625. The highest BCUT2D eigenvalue weighted by Gasteiger charge is 2.19. The van der Waals surface area contributed by atoms with Gasteiger partial charge in [0.05, 0.1) is 0 Å². The molecule has 1 amide bonds. The lowest BCUT2D eigenvalue weighted by atomic mass is 10.2. The Morgan fingerprint density at radius 3 is 2.08 bits per heavy atom. The molecule has 0 aliphatic carbocycles. The smallest absolute Gasteiger partial charge is 0.241 e. The molecule has 0 spiro atoms. The average molecular weight is 196 g/mol. The van der Waals surface area contributed by atoms with Gasteiger partial charge in [-0.05, 0) is 0 Å². The molecule has 0 unspecified atom stereocenters. The van der Waals surface area contributed by atoms with E-state index in [0.717, 1.165) is 0 Å². The Kier molecular flexibility index (Phi) is 3.98. The highest BCUT2D eigenvalue weighted by atomic mass is 32.3. The molecular weight excluding hydrogens is 180 g/mol. The summed E-state index contributed by atoms with van der Waals surface area (Å²) in [6.07, 6.45) is 0. The van der Waals surface area contributed by atoms with Gasteiger partial charge in [-0.1, -0.05) is 24.8 Å². The fourth-order valence-electron chi connectivity index (χ4n) is 0.344. The number of amides is 1. The molecule has 0 aromatic heterocycles. The topological polar surface area (TPSA) is 72.8 Å². The van der Waals surface area contributed by atoms with E-state index < -0.39 is 11.0 Å². The van der Waals surface area contributed by atoms with E-state index in [4.69, 9.17) is 0 Å². The lowest BCUT2D eigenvalue weighted by Crippen LogP contribution is -2.37. The molecule has 0 heterocycles. The van der Waals surface area contributed by atoms with E-state index in [0.29, 0.717) is 0 Å². The van der Waals surface area contributed by atoms with Crippen molar-refractivity contribution >= 4 is 16.9 Å². The van der Waals surface area contributed by atoms with Crippen molar-refractivity contribution < 1.29 is 13.9 Å². The number of nitrogens with one attached hydrogen (secondary N) is 1. The van der Waals surface area contributed by atoms with Crippen LogP contribution in [0, 0.1) is 5.92 Å². The van der Waals surface area contributed by atoms with Gasteiger partial charge in [-0.15, -0.1) is 0 Å². The molecule has 0 aromatic carbocycles. The van der Waals surface area contributed by atoms with Gasteiger partial charge in [0.1, 0.15) is 0 Å². The summed E-state index contributed by atoms with van der Waals surface area (Å²) in [6, 6.07) is 0. The molecule has 0 aliphatic rings. The Balaban J connectivity index is 4.15. The van der Waals surface area contributed by atoms with Crippen LogP contribution in [0.5, 0.6) is 0 Å². The van der Waals surface area contributed by atoms with Crippen LogP contribution in [0.25, 0.3) is 0 Å². The molecule has 74 valence electrons. The molecule has 6 heteroatoms. The lowest BCUT2D eigenvalue weighted by Gasteiger charge is -2.38. The second-order valence-electron chi connectivity index (χ2n) is 2.95. The SMILES string of the molecule is CC(C)C(=O)NS(O)(O)N(C)C. The zero-order valence-corrected chi connectivity index (χ0v) is 8.55. The minimum absolute atomic E-state index is 0.254. The first kappa shape index (κ1) is 11.7. The number of carbonyl (C=O) groups excluding carboxylic acids is 1. The van der Waals surface area contributed by atoms with Gasteiger partial charge in [-0.2, -0.15) is 4.31 Å². The van der Waals surface area contributed by atoms with Gasteiger partial charge >= 0.3 is 0 Å². The van der Waals surface area contributed by atoms with E-state index in [9.17, 15) is 13.9 Å². The zero-order valence-electron chi connectivity index (χ0n) is 7.74. The van der Waals surface area contributed by atoms with Gasteiger partial charge in [0.25, 0.3) is 0 Å².